The number of carbonyl (C=O) groups excluding carboxylic acids is 1. The lowest BCUT2D eigenvalue weighted by Crippen LogP contribution is -2.19. The number of rotatable bonds is 4. The largest absolute Gasteiger partial charge is 0.392 e. The van der Waals surface area contributed by atoms with Gasteiger partial charge in [-0.15, -0.1) is 5.10 Å². The van der Waals surface area contributed by atoms with E-state index in [1.54, 1.807) is 6.21 Å². The third kappa shape index (κ3) is 4.06. The standard InChI is InChI=1S/C17H15N3O2S/c21-10-13-2-1-3-15(8-13)14-6-4-12(5-7-14)9-18-20-17-19-16(22)11-23-17/h1-9,21H,10-11H2,(H,19,20,22). The number of nitrogens with zero attached hydrogens (tertiary/aromatic N) is 2. The van der Waals surface area contributed by atoms with Gasteiger partial charge in [-0.3, -0.25) is 4.79 Å². The molecule has 0 spiro atoms. The molecule has 0 aromatic heterocycles. The van der Waals surface area contributed by atoms with E-state index in [1.807, 2.05) is 48.5 Å². The van der Waals surface area contributed by atoms with E-state index in [9.17, 15) is 9.90 Å². The summed E-state index contributed by atoms with van der Waals surface area (Å²) in [6.07, 6.45) is 1.64. The number of hydrogen-bond donors (Lipinski definition) is 2. The van der Waals surface area contributed by atoms with Crippen LogP contribution in [0.5, 0.6) is 0 Å². The minimum atomic E-state index is -0.0431. The fourth-order valence-electron chi connectivity index (χ4n) is 2.14. The van der Waals surface area contributed by atoms with Gasteiger partial charge in [-0.2, -0.15) is 5.10 Å². The van der Waals surface area contributed by atoms with Gasteiger partial charge >= 0.3 is 0 Å². The third-order valence-corrected chi connectivity index (χ3v) is 4.16. The van der Waals surface area contributed by atoms with Crippen LogP contribution in [-0.4, -0.2) is 28.1 Å². The monoisotopic (exact) mass is 325 g/mol. The molecular weight excluding hydrogens is 310 g/mol. The van der Waals surface area contributed by atoms with Crippen LogP contribution in [0.3, 0.4) is 0 Å². The van der Waals surface area contributed by atoms with Crippen LogP contribution in [-0.2, 0) is 11.4 Å². The molecule has 2 aromatic rings. The fraction of sp³-hybridized carbons (Fsp3) is 0.118. The highest BCUT2D eigenvalue weighted by Crippen LogP contribution is 2.20. The van der Waals surface area contributed by atoms with Crippen LogP contribution in [0.15, 0.2) is 58.7 Å². The first-order chi connectivity index (χ1) is 11.2. The minimum absolute atomic E-state index is 0.0352. The molecule has 0 bridgehead atoms. The normalized spacial score (nSPS) is 16.2. The van der Waals surface area contributed by atoms with E-state index in [4.69, 9.17) is 0 Å². The summed E-state index contributed by atoms with van der Waals surface area (Å²) in [6, 6.07) is 15.7. The summed E-state index contributed by atoms with van der Waals surface area (Å²) in [4.78, 5) is 11.0. The summed E-state index contributed by atoms with van der Waals surface area (Å²) >= 11 is 1.34. The van der Waals surface area contributed by atoms with Crippen molar-refractivity contribution < 1.29 is 9.90 Å². The first kappa shape index (κ1) is 15.5. The smallest absolute Gasteiger partial charge is 0.236 e. The predicted octanol–water partition coefficient (Wildman–Crippen LogP) is 2.40. The Morgan fingerprint density at radius 2 is 2.00 bits per heavy atom. The first-order valence-electron chi connectivity index (χ1n) is 7.08. The summed E-state index contributed by atoms with van der Waals surface area (Å²) in [7, 11) is 0. The molecule has 116 valence electrons. The molecule has 1 aliphatic heterocycles. The van der Waals surface area contributed by atoms with Crippen LogP contribution >= 0.6 is 11.8 Å². The lowest BCUT2D eigenvalue weighted by atomic mass is 10.0. The predicted molar refractivity (Wildman–Crippen MR) is 93.4 cm³/mol. The van der Waals surface area contributed by atoms with Crippen molar-refractivity contribution in [2.24, 2.45) is 10.2 Å². The molecule has 2 aromatic carbocycles. The Kier molecular flexibility index (Phi) is 4.85. The van der Waals surface area contributed by atoms with E-state index >= 15 is 0 Å². The summed E-state index contributed by atoms with van der Waals surface area (Å²) in [5, 5.41) is 20.3. The third-order valence-electron chi connectivity index (χ3n) is 3.30. The maximum absolute atomic E-state index is 11.0. The van der Waals surface area contributed by atoms with Crippen molar-refractivity contribution in [3.05, 3.63) is 59.7 Å². The number of amidine groups is 1. The zero-order valence-corrected chi connectivity index (χ0v) is 13.1. The topological polar surface area (TPSA) is 74.0 Å². The van der Waals surface area contributed by atoms with Crippen LogP contribution < -0.4 is 5.32 Å². The molecule has 1 amide bonds. The maximum Gasteiger partial charge on any atom is 0.236 e. The van der Waals surface area contributed by atoms with Crippen molar-refractivity contribution >= 4 is 29.1 Å². The van der Waals surface area contributed by atoms with E-state index in [0.29, 0.717) is 10.9 Å². The quantitative estimate of drug-likeness (QED) is 0.669. The zero-order chi connectivity index (χ0) is 16.1. The Balaban J connectivity index is 1.70. The Labute approximate surface area is 138 Å². The maximum atomic E-state index is 11.0. The molecule has 23 heavy (non-hydrogen) atoms. The molecule has 0 atom stereocenters. The second-order valence-electron chi connectivity index (χ2n) is 4.97. The van der Waals surface area contributed by atoms with Crippen molar-refractivity contribution in [3.8, 4) is 11.1 Å². The van der Waals surface area contributed by atoms with Gasteiger partial charge in [0.15, 0.2) is 5.17 Å². The van der Waals surface area contributed by atoms with Gasteiger partial charge in [0.2, 0.25) is 5.91 Å². The van der Waals surface area contributed by atoms with Crippen LogP contribution in [0, 0.1) is 0 Å². The van der Waals surface area contributed by atoms with Crippen molar-refractivity contribution in [1.82, 2.24) is 5.32 Å². The average Bonchev–Trinajstić information content (AvgIpc) is 3.01. The number of carbonyl (C=O) groups is 1. The summed E-state index contributed by atoms with van der Waals surface area (Å²) in [6.45, 7) is 0.0352. The number of aliphatic hydroxyl groups is 1. The lowest BCUT2D eigenvalue weighted by molar-refractivity contribution is -0.116. The zero-order valence-electron chi connectivity index (χ0n) is 12.3. The molecule has 2 N–H and O–H groups in total. The number of thioether (sulfide) groups is 1. The molecule has 6 heteroatoms. The van der Waals surface area contributed by atoms with Gasteiger partial charge in [-0.1, -0.05) is 54.2 Å². The van der Waals surface area contributed by atoms with Crippen LogP contribution in [0.4, 0.5) is 0 Å². The number of aliphatic hydroxyl groups excluding tert-OH is 1. The Hall–Kier alpha value is -2.44. The molecule has 0 unspecified atom stereocenters. The van der Waals surface area contributed by atoms with Crippen LogP contribution in [0.2, 0.25) is 0 Å². The van der Waals surface area contributed by atoms with E-state index < -0.39 is 0 Å². The molecule has 5 nitrogen and oxygen atoms in total. The molecule has 0 aliphatic carbocycles. The highest BCUT2D eigenvalue weighted by atomic mass is 32.2. The van der Waals surface area contributed by atoms with Gasteiger partial charge in [0, 0.05) is 0 Å². The molecular formula is C17H15N3O2S. The van der Waals surface area contributed by atoms with E-state index in [-0.39, 0.29) is 12.5 Å². The first-order valence-corrected chi connectivity index (χ1v) is 8.07. The lowest BCUT2D eigenvalue weighted by Gasteiger charge is -2.04. The number of amides is 1. The molecule has 0 saturated carbocycles. The van der Waals surface area contributed by atoms with Gasteiger partial charge in [0.1, 0.15) is 0 Å². The van der Waals surface area contributed by atoms with Gasteiger partial charge in [0.25, 0.3) is 0 Å². The van der Waals surface area contributed by atoms with Gasteiger partial charge in [0.05, 0.1) is 18.6 Å². The van der Waals surface area contributed by atoms with E-state index in [1.165, 1.54) is 11.8 Å². The van der Waals surface area contributed by atoms with Crippen molar-refractivity contribution in [3.63, 3.8) is 0 Å². The van der Waals surface area contributed by atoms with E-state index in [0.717, 1.165) is 22.3 Å². The fourth-order valence-corrected chi connectivity index (χ4v) is 2.77. The highest BCUT2D eigenvalue weighted by molar-refractivity contribution is 8.15. The summed E-state index contributed by atoms with van der Waals surface area (Å²) in [5.74, 6) is 0.356. The Bertz CT molecular complexity index is 770. The van der Waals surface area contributed by atoms with Crippen molar-refractivity contribution in [2.75, 3.05) is 5.75 Å². The van der Waals surface area contributed by atoms with Gasteiger partial charge in [-0.25, -0.2) is 0 Å². The average molecular weight is 325 g/mol. The number of nitrogens with one attached hydrogen (secondary N) is 1. The number of benzene rings is 2. The SMILES string of the molecule is O=C1CSC(=NN=Cc2ccc(-c3cccc(CO)c3)cc2)N1. The Morgan fingerprint density at radius 1 is 1.17 bits per heavy atom. The van der Waals surface area contributed by atoms with Crippen molar-refractivity contribution in [1.29, 1.82) is 0 Å². The molecule has 1 aliphatic rings. The van der Waals surface area contributed by atoms with Gasteiger partial charge < -0.3 is 10.4 Å². The Morgan fingerprint density at radius 3 is 2.70 bits per heavy atom. The molecule has 1 saturated heterocycles. The second kappa shape index (κ2) is 7.21. The molecule has 3 rings (SSSR count). The van der Waals surface area contributed by atoms with Gasteiger partial charge in [-0.05, 0) is 28.3 Å². The highest BCUT2D eigenvalue weighted by Gasteiger charge is 2.15. The summed E-state index contributed by atoms with van der Waals surface area (Å²) in [5.41, 5.74) is 3.94. The van der Waals surface area contributed by atoms with Crippen LogP contribution in [0.25, 0.3) is 11.1 Å². The van der Waals surface area contributed by atoms with Crippen LogP contribution in [0.1, 0.15) is 11.1 Å². The number of hydrogen-bond acceptors (Lipinski definition) is 5. The minimum Gasteiger partial charge on any atom is -0.392 e. The second-order valence-corrected chi connectivity index (χ2v) is 5.93. The van der Waals surface area contributed by atoms with Crippen molar-refractivity contribution in [2.45, 2.75) is 6.61 Å². The molecule has 1 fully saturated rings. The molecule has 0 radical (unpaired) electrons. The van der Waals surface area contributed by atoms with E-state index in [2.05, 4.69) is 15.5 Å². The summed E-state index contributed by atoms with van der Waals surface area (Å²) < 4.78 is 0. The molecule has 1 heterocycles.